The molecule has 6 rings (SSSR count). The van der Waals surface area contributed by atoms with Crippen LogP contribution >= 0.6 is 0 Å². The first-order valence-electron chi connectivity index (χ1n) is 10.1. The molecule has 0 aromatic heterocycles. The molecule has 0 spiro atoms. The van der Waals surface area contributed by atoms with E-state index < -0.39 is 8.07 Å². The maximum absolute atomic E-state index is 13.2. The van der Waals surface area contributed by atoms with Crippen molar-refractivity contribution >= 4 is 14.0 Å². The lowest BCUT2D eigenvalue weighted by molar-refractivity contribution is 0.0918. The van der Waals surface area contributed by atoms with Crippen molar-refractivity contribution in [3.05, 3.63) is 70.3 Å². The van der Waals surface area contributed by atoms with E-state index in [1.807, 2.05) is 20.8 Å². The van der Waals surface area contributed by atoms with Gasteiger partial charge in [-0.2, -0.15) is 0 Å². The normalized spacial score (nSPS) is 17.3. The largest absolute Gasteiger partial charge is 0.347 e. The first kappa shape index (κ1) is 19.9. The summed E-state index contributed by atoms with van der Waals surface area (Å²) in [7, 11) is -1.54. The van der Waals surface area contributed by atoms with Gasteiger partial charge in [-0.25, -0.2) is 0 Å². The second-order valence-corrected chi connectivity index (χ2v) is 15.5. The topological polar surface area (TPSA) is 29.1 Å². The maximum Gasteiger partial charge on any atom is 0.251 e. The molecule has 2 nitrogen and oxygen atoms in total. The van der Waals surface area contributed by atoms with Crippen molar-refractivity contribution in [3.8, 4) is 0 Å². The summed E-state index contributed by atoms with van der Waals surface area (Å²) in [6.07, 6.45) is 2.98. The van der Waals surface area contributed by atoms with E-state index >= 15 is 0 Å². The van der Waals surface area contributed by atoms with Crippen molar-refractivity contribution in [2.45, 2.75) is 70.8 Å². The van der Waals surface area contributed by atoms with Crippen molar-refractivity contribution in [2.75, 3.05) is 0 Å². The molecular formula is C24H33NOSi. The maximum atomic E-state index is 13.2. The molecule has 144 valence electrons. The van der Waals surface area contributed by atoms with Gasteiger partial charge < -0.3 is 5.32 Å². The van der Waals surface area contributed by atoms with Gasteiger partial charge in [-0.3, -0.25) is 4.79 Å². The second-order valence-electron chi connectivity index (χ2n) is 10.1. The zero-order valence-electron chi connectivity index (χ0n) is 17.6. The molecule has 2 aromatic carbocycles. The van der Waals surface area contributed by atoms with Crippen LogP contribution in [0.25, 0.3) is 0 Å². The van der Waals surface area contributed by atoms with Crippen LogP contribution in [0.1, 0.15) is 58.9 Å². The van der Waals surface area contributed by atoms with E-state index in [2.05, 4.69) is 67.4 Å². The van der Waals surface area contributed by atoms with Gasteiger partial charge in [-0.15, -0.1) is 0 Å². The Kier molecular flexibility index (Phi) is 5.35. The van der Waals surface area contributed by atoms with Crippen molar-refractivity contribution in [2.24, 2.45) is 0 Å². The summed E-state index contributed by atoms with van der Waals surface area (Å²) in [6.45, 7) is 13.4. The van der Waals surface area contributed by atoms with Crippen molar-refractivity contribution in [1.82, 2.24) is 5.32 Å². The molecule has 27 heavy (non-hydrogen) atoms. The fourth-order valence-corrected chi connectivity index (χ4v) is 5.95. The summed E-state index contributed by atoms with van der Waals surface area (Å²) in [5.74, 6) is 0.0635. The highest BCUT2D eigenvalue weighted by molar-refractivity contribution is 6.77. The Morgan fingerprint density at radius 3 is 2.07 bits per heavy atom. The van der Waals surface area contributed by atoms with E-state index in [9.17, 15) is 4.79 Å². The summed E-state index contributed by atoms with van der Waals surface area (Å²) in [5, 5.41) is 3.19. The molecule has 0 radical (unpaired) electrons. The Morgan fingerprint density at radius 2 is 1.48 bits per heavy atom. The number of aryl methyl sites for hydroxylation is 2. The van der Waals surface area contributed by atoms with Gasteiger partial charge in [0, 0.05) is 11.1 Å². The standard InChI is InChI=1S/C24H33NOSi/c1-24(2,3)25-23(26)21-15-18-10-7-17-8-11-19(12-9-17)16-22(27(4,5)6)20(21)14-13-18/h8-9,11-15,22H,7,10,16H2,1-6H3,(H,25,26)/t22-/m1/s1. The Morgan fingerprint density at radius 1 is 0.926 bits per heavy atom. The monoisotopic (exact) mass is 379 g/mol. The number of carbonyl (C=O) groups is 1. The molecule has 1 N–H and O–H groups in total. The summed E-state index contributed by atoms with van der Waals surface area (Å²) in [5.41, 5.74) is 6.27. The van der Waals surface area contributed by atoms with E-state index in [1.165, 1.54) is 22.3 Å². The van der Waals surface area contributed by atoms with E-state index in [0.29, 0.717) is 5.54 Å². The van der Waals surface area contributed by atoms with Gasteiger partial charge >= 0.3 is 0 Å². The zero-order valence-corrected chi connectivity index (χ0v) is 18.6. The van der Waals surface area contributed by atoms with Crippen molar-refractivity contribution in [3.63, 3.8) is 0 Å². The predicted octanol–water partition coefficient (Wildman–Crippen LogP) is 5.52. The molecule has 1 amide bonds. The number of hydrogen-bond donors (Lipinski definition) is 1. The van der Waals surface area contributed by atoms with Crippen LogP contribution in [-0.2, 0) is 19.3 Å². The lowest BCUT2D eigenvalue weighted by atomic mass is 9.92. The number of hydrogen-bond acceptors (Lipinski definition) is 1. The Hall–Kier alpha value is -1.87. The highest BCUT2D eigenvalue weighted by Gasteiger charge is 2.32. The lowest BCUT2D eigenvalue weighted by Crippen LogP contribution is -2.42. The quantitative estimate of drug-likeness (QED) is 0.684. The van der Waals surface area contributed by atoms with Crippen LogP contribution in [0.2, 0.25) is 19.6 Å². The summed E-state index contributed by atoms with van der Waals surface area (Å²) < 4.78 is 0. The minimum atomic E-state index is -1.54. The number of benzene rings is 2. The molecule has 2 aromatic rings. The molecule has 4 aliphatic carbocycles. The predicted molar refractivity (Wildman–Crippen MR) is 117 cm³/mol. The molecule has 0 saturated carbocycles. The number of amides is 1. The van der Waals surface area contributed by atoms with Crippen LogP contribution in [0.4, 0.5) is 0 Å². The van der Waals surface area contributed by atoms with Crippen molar-refractivity contribution < 1.29 is 4.79 Å². The molecule has 0 saturated heterocycles. The molecule has 1 atom stereocenters. The smallest absolute Gasteiger partial charge is 0.251 e. The van der Waals surface area contributed by atoms with E-state index in [1.54, 1.807) is 0 Å². The van der Waals surface area contributed by atoms with E-state index in [0.717, 1.165) is 24.8 Å². The average Bonchev–Trinajstić information content (AvgIpc) is 2.54. The third-order valence-corrected chi connectivity index (χ3v) is 8.04. The van der Waals surface area contributed by atoms with Gasteiger partial charge in [-0.05, 0) is 73.9 Å². The summed E-state index contributed by atoms with van der Waals surface area (Å²) in [4.78, 5) is 13.2. The summed E-state index contributed by atoms with van der Waals surface area (Å²) in [6, 6.07) is 15.7. The van der Waals surface area contributed by atoms with Crippen LogP contribution < -0.4 is 5.32 Å². The highest BCUT2D eigenvalue weighted by atomic mass is 28.3. The Labute approximate surface area is 165 Å². The first-order chi connectivity index (χ1) is 12.5. The summed E-state index contributed by atoms with van der Waals surface area (Å²) >= 11 is 0. The van der Waals surface area contributed by atoms with Gasteiger partial charge in [0.25, 0.3) is 5.91 Å². The molecule has 0 aliphatic heterocycles. The molecule has 0 fully saturated rings. The minimum absolute atomic E-state index is 0.0635. The van der Waals surface area contributed by atoms with Crippen LogP contribution in [0.5, 0.6) is 0 Å². The minimum Gasteiger partial charge on any atom is -0.347 e. The molecule has 4 bridgehead atoms. The fourth-order valence-electron chi connectivity index (χ4n) is 3.92. The SMILES string of the molecule is CC(C)(C)NC(=O)c1cc2ccc1[C@H]([Si](C)(C)C)Cc1ccc(cc1)CC2. The number of nitrogens with one attached hydrogen (secondary N) is 1. The van der Waals surface area contributed by atoms with Crippen LogP contribution in [0.15, 0.2) is 42.5 Å². The first-order valence-corrected chi connectivity index (χ1v) is 13.6. The van der Waals surface area contributed by atoms with Gasteiger partial charge in [0.2, 0.25) is 0 Å². The number of carbonyl (C=O) groups excluding carboxylic acids is 1. The third kappa shape index (κ3) is 4.89. The third-order valence-electron chi connectivity index (χ3n) is 5.44. The van der Waals surface area contributed by atoms with Gasteiger partial charge in [0.05, 0.1) is 8.07 Å². The molecule has 3 heteroatoms. The van der Waals surface area contributed by atoms with Crippen molar-refractivity contribution in [1.29, 1.82) is 0 Å². The van der Waals surface area contributed by atoms with Crippen LogP contribution in [0.3, 0.4) is 0 Å². The van der Waals surface area contributed by atoms with Gasteiger partial charge in [-0.1, -0.05) is 56.0 Å². The average molecular weight is 380 g/mol. The Bertz CT molecular complexity index is 825. The van der Waals surface area contributed by atoms with E-state index in [-0.39, 0.29) is 11.4 Å². The molecule has 0 unspecified atom stereocenters. The van der Waals surface area contributed by atoms with Gasteiger partial charge in [0.15, 0.2) is 0 Å². The zero-order chi connectivity index (χ0) is 19.8. The highest BCUT2D eigenvalue weighted by Crippen LogP contribution is 2.34. The Balaban J connectivity index is 2.13. The molecule has 4 aliphatic rings. The van der Waals surface area contributed by atoms with Crippen LogP contribution in [0, 0.1) is 0 Å². The van der Waals surface area contributed by atoms with Crippen LogP contribution in [-0.4, -0.2) is 19.5 Å². The lowest BCUT2D eigenvalue weighted by Gasteiger charge is -2.32. The van der Waals surface area contributed by atoms with Gasteiger partial charge in [0.1, 0.15) is 0 Å². The fraction of sp³-hybridized carbons (Fsp3) is 0.458. The second kappa shape index (κ2) is 7.27. The molecular weight excluding hydrogens is 346 g/mol. The number of rotatable bonds is 2. The molecule has 0 heterocycles. The van der Waals surface area contributed by atoms with E-state index in [4.69, 9.17) is 0 Å².